The molecule has 0 fully saturated rings. The van der Waals surface area contributed by atoms with Crippen LogP contribution < -0.4 is 14.7 Å². The average Bonchev–Trinajstić information content (AvgIpc) is 2.98. The SMILES string of the molecule is CCCCC(CC)COP(=O)([O-])OCC.CCCCC(CC)COP(=O)([O-])OCC.CCCCC(CC)COP(=O)([O-])OCC.[Nd+3]. The van der Waals surface area contributed by atoms with E-state index in [2.05, 4.69) is 34.3 Å². The van der Waals surface area contributed by atoms with Gasteiger partial charge in [-0.05, 0) is 57.8 Å². The van der Waals surface area contributed by atoms with Crippen molar-refractivity contribution in [3.8, 4) is 0 Å². The van der Waals surface area contributed by atoms with Crippen LogP contribution in [0, 0.1) is 58.6 Å². The molecule has 1 radical (unpaired) electrons. The summed E-state index contributed by atoms with van der Waals surface area (Å²) in [5.41, 5.74) is 0. The van der Waals surface area contributed by atoms with Crippen molar-refractivity contribution in [3.63, 3.8) is 0 Å². The van der Waals surface area contributed by atoms with E-state index in [4.69, 9.17) is 13.6 Å². The average molecular weight is 856 g/mol. The Morgan fingerprint density at radius 3 is 0.804 bits per heavy atom. The number of phosphoric acid groups is 3. The van der Waals surface area contributed by atoms with Gasteiger partial charge in [-0.2, -0.15) is 0 Å². The first-order valence-electron chi connectivity index (χ1n) is 17.0. The van der Waals surface area contributed by atoms with E-state index in [0.29, 0.717) is 17.8 Å². The summed E-state index contributed by atoms with van der Waals surface area (Å²) in [7, 11) is -12.1. The maximum Gasteiger partial charge on any atom is 3.00 e. The largest absolute Gasteiger partial charge is 3.00 e. The van der Waals surface area contributed by atoms with Gasteiger partial charge in [0.1, 0.15) is 0 Å². The molecule has 0 saturated carbocycles. The molecule has 0 aliphatic carbocycles. The Morgan fingerprint density at radius 2 is 0.652 bits per heavy atom. The molecule has 0 saturated heterocycles. The van der Waals surface area contributed by atoms with Crippen LogP contribution in [0.4, 0.5) is 0 Å². The quantitative estimate of drug-likeness (QED) is 0.0726. The first-order valence-corrected chi connectivity index (χ1v) is 21.3. The van der Waals surface area contributed by atoms with Crippen LogP contribution >= 0.6 is 23.5 Å². The fourth-order valence-electron chi connectivity index (χ4n) is 3.87. The first kappa shape index (κ1) is 54.5. The van der Waals surface area contributed by atoms with Gasteiger partial charge in [-0.3, -0.25) is 13.7 Å². The molecule has 0 aliphatic rings. The number of unbranched alkanes of at least 4 members (excludes halogenated alkanes) is 3. The molecule has 0 heterocycles. The van der Waals surface area contributed by atoms with Gasteiger partial charge in [0.2, 0.25) is 0 Å². The minimum Gasteiger partial charge on any atom is -0.756 e. The third-order valence-electron chi connectivity index (χ3n) is 6.90. The first-order chi connectivity index (χ1) is 21.2. The second-order valence-electron chi connectivity index (χ2n) is 10.7. The molecule has 0 spiro atoms. The summed E-state index contributed by atoms with van der Waals surface area (Å²) in [5, 5.41) is 0. The molecule has 16 heteroatoms. The molecule has 277 valence electrons. The second kappa shape index (κ2) is 35.1. The van der Waals surface area contributed by atoms with Crippen LogP contribution in [-0.4, -0.2) is 39.6 Å². The minimum absolute atomic E-state index is 0. The van der Waals surface area contributed by atoms with Crippen molar-refractivity contribution in [2.75, 3.05) is 39.6 Å². The molecule has 0 aromatic rings. The van der Waals surface area contributed by atoms with Gasteiger partial charge < -0.3 is 41.8 Å². The molecule has 0 aliphatic heterocycles. The summed E-state index contributed by atoms with van der Waals surface area (Å²) in [6, 6.07) is 0. The number of rotatable bonds is 27. The summed E-state index contributed by atoms with van der Waals surface area (Å²) >= 11 is 0. The third kappa shape index (κ3) is 36.9. The summed E-state index contributed by atoms with van der Waals surface area (Å²) in [6.07, 6.45) is 12.5. The maximum atomic E-state index is 11.1. The van der Waals surface area contributed by atoms with Crippen molar-refractivity contribution in [2.45, 2.75) is 139 Å². The fourth-order valence-corrected chi connectivity index (χ4v) is 6.22. The molecular weight excluding hydrogens is 789 g/mol. The van der Waals surface area contributed by atoms with Crippen molar-refractivity contribution in [3.05, 3.63) is 0 Å². The maximum absolute atomic E-state index is 11.1. The molecule has 0 rings (SSSR count). The van der Waals surface area contributed by atoms with Gasteiger partial charge in [-0.15, -0.1) is 0 Å². The number of hydrogen-bond acceptors (Lipinski definition) is 12. The number of hydrogen-bond donors (Lipinski definition) is 0. The van der Waals surface area contributed by atoms with Gasteiger partial charge in [0.05, 0.1) is 39.6 Å². The molecule has 0 aromatic heterocycles. The summed E-state index contributed by atoms with van der Waals surface area (Å²) in [4.78, 5) is 33.3. The molecule has 0 amide bonds. The molecule has 0 aromatic carbocycles. The van der Waals surface area contributed by atoms with Crippen molar-refractivity contribution < 1.29 is 96.4 Å². The zero-order valence-corrected chi connectivity index (χ0v) is 36.1. The van der Waals surface area contributed by atoms with Crippen LogP contribution in [0.3, 0.4) is 0 Å². The van der Waals surface area contributed by atoms with E-state index in [1.807, 2.05) is 20.8 Å². The zero-order chi connectivity index (χ0) is 35.2. The van der Waals surface area contributed by atoms with Crippen molar-refractivity contribution in [2.24, 2.45) is 17.8 Å². The molecule has 0 bridgehead atoms. The van der Waals surface area contributed by atoms with Crippen LogP contribution in [-0.2, 0) is 40.8 Å². The Kier molecular flexibility index (Phi) is 41.6. The minimum atomic E-state index is -4.04. The van der Waals surface area contributed by atoms with Gasteiger partial charge >= 0.3 is 40.8 Å². The molecule has 6 unspecified atom stereocenters. The zero-order valence-electron chi connectivity index (χ0n) is 30.2. The van der Waals surface area contributed by atoms with E-state index in [0.717, 1.165) is 77.0 Å². The Hall–Kier alpha value is 1.68. The van der Waals surface area contributed by atoms with Gasteiger partial charge in [0.15, 0.2) is 0 Å². The monoisotopic (exact) mass is 853 g/mol. The van der Waals surface area contributed by atoms with E-state index in [1.54, 1.807) is 20.8 Å². The smallest absolute Gasteiger partial charge is 0.756 e. The van der Waals surface area contributed by atoms with Gasteiger partial charge in [-0.25, -0.2) is 0 Å². The van der Waals surface area contributed by atoms with Crippen molar-refractivity contribution in [1.82, 2.24) is 0 Å². The molecular formula is C30H66NdO12P3. The van der Waals surface area contributed by atoms with Crippen LogP contribution in [0.2, 0.25) is 0 Å². The molecule has 12 nitrogen and oxygen atoms in total. The van der Waals surface area contributed by atoms with Gasteiger partial charge in [0, 0.05) is 0 Å². The normalized spacial score (nSPS) is 17.0. The summed E-state index contributed by atoms with van der Waals surface area (Å²) < 4.78 is 61.2. The van der Waals surface area contributed by atoms with Crippen LogP contribution in [0.5, 0.6) is 0 Å². The Labute approximate surface area is 314 Å². The van der Waals surface area contributed by atoms with E-state index in [1.165, 1.54) is 0 Å². The van der Waals surface area contributed by atoms with Crippen LogP contribution in [0.15, 0.2) is 0 Å². The summed E-state index contributed by atoms with van der Waals surface area (Å²) in [5.74, 6) is 0.938. The van der Waals surface area contributed by atoms with E-state index < -0.39 is 23.5 Å². The second-order valence-corrected chi connectivity index (χ2v) is 15.0. The molecule has 6 atom stereocenters. The van der Waals surface area contributed by atoms with E-state index in [9.17, 15) is 28.4 Å². The molecule has 0 N–H and O–H groups in total. The Balaban J connectivity index is -0.000000285. The Morgan fingerprint density at radius 1 is 0.435 bits per heavy atom. The van der Waals surface area contributed by atoms with Crippen LogP contribution in [0.25, 0.3) is 0 Å². The van der Waals surface area contributed by atoms with E-state index >= 15 is 0 Å². The van der Waals surface area contributed by atoms with Crippen molar-refractivity contribution >= 4 is 23.5 Å². The fraction of sp³-hybridized carbons (Fsp3) is 1.00. The standard InChI is InChI=1S/3C10H23O4P.Nd/c3*1-4-7-8-10(5-2)9-14-15(11,12)13-6-3;/h3*10H,4-9H2,1-3H3,(H,11,12);/q;;;+3/p-3. The van der Waals surface area contributed by atoms with Gasteiger partial charge in [0.25, 0.3) is 23.5 Å². The predicted molar refractivity (Wildman–Crippen MR) is 175 cm³/mol. The Bertz CT molecular complexity index is 694. The van der Waals surface area contributed by atoms with E-state index in [-0.39, 0.29) is 80.5 Å². The van der Waals surface area contributed by atoms with Crippen LogP contribution in [0.1, 0.15) is 139 Å². The topological polar surface area (TPSA) is 176 Å². The number of phosphoric ester groups is 3. The van der Waals surface area contributed by atoms with Gasteiger partial charge in [-0.1, -0.05) is 99.3 Å². The summed E-state index contributed by atoms with van der Waals surface area (Å²) in [6.45, 7) is 18.5. The molecule has 46 heavy (non-hydrogen) atoms. The van der Waals surface area contributed by atoms with Crippen molar-refractivity contribution in [1.29, 1.82) is 0 Å². The predicted octanol–water partition coefficient (Wildman–Crippen LogP) is 8.17. The third-order valence-corrected chi connectivity index (χ3v) is 10.0.